The van der Waals surface area contributed by atoms with E-state index in [1.807, 2.05) is 63.2 Å². The van der Waals surface area contributed by atoms with Gasteiger partial charge >= 0.3 is 0 Å². The molecule has 5 heteroatoms. The highest BCUT2D eigenvalue weighted by Crippen LogP contribution is 2.37. The lowest BCUT2D eigenvalue weighted by molar-refractivity contribution is -0.120. The van der Waals surface area contributed by atoms with Crippen LogP contribution < -0.4 is 10.2 Å². The Morgan fingerprint density at radius 2 is 1.50 bits per heavy atom. The predicted octanol–water partition coefficient (Wildman–Crippen LogP) is 5.66. The highest BCUT2D eigenvalue weighted by molar-refractivity contribution is 6.48. The third-order valence-electron chi connectivity index (χ3n) is 5.29. The van der Waals surface area contributed by atoms with E-state index in [1.54, 1.807) is 24.3 Å². The van der Waals surface area contributed by atoms with Gasteiger partial charge in [0.25, 0.3) is 11.8 Å². The van der Waals surface area contributed by atoms with E-state index in [9.17, 15) is 9.59 Å². The highest BCUT2D eigenvalue weighted by Gasteiger charge is 2.41. The Morgan fingerprint density at radius 3 is 2.17 bits per heavy atom. The normalized spacial score (nSPS) is 13.9. The molecule has 150 valence electrons. The molecule has 0 atom stereocenters. The zero-order chi connectivity index (χ0) is 21.4. The van der Waals surface area contributed by atoms with Crippen molar-refractivity contribution in [1.29, 1.82) is 0 Å². The van der Waals surface area contributed by atoms with E-state index in [0.717, 1.165) is 27.3 Å². The maximum absolute atomic E-state index is 13.5. The van der Waals surface area contributed by atoms with Gasteiger partial charge in [0.05, 0.1) is 16.3 Å². The van der Waals surface area contributed by atoms with Crippen LogP contribution in [0, 0.1) is 20.8 Å². The molecule has 1 heterocycles. The molecule has 1 aliphatic heterocycles. The zero-order valence-corrected chi connectivity index (χ0v) is 17.7. The van der Waals surface area contributed by atoms with Gasteiger partial charge < -0.3 is 5.32 Å². The van der Waals surface area contributed by atoms with Crippen molar-refractivity contribution in [3.05, 3.63) is 99.7 Å². The van der Waals surface area contributed by atoms with E-state index in [0.29, 0.717) is 21.8 Å². The van der Waals surface area contributed by atoms with Gasteiger partial charge in [-0.1, -0.05) is 59.6 Å². The molecule has 0 fully saturated rings. The monoisotopic (exact) mass is 416 g/mol. The molecule has 0 spiro atoms. The summed E-state index contributed by atoms with van der Waals surface area (Å²) in [6.45, 7) is 5.99. The molecule has 0 bridgehead atoms. The average Bonchev–Trinajstić information content (AvgIpc) is 2.96. The number of imide groups is 1. The van der Waals surface area contributed by atoms with Crippen LogP contribution in [0.3, 0.4) is 0 Å². The van der Waals surface area contributed by atoms with Gasteiger partial charge in [0.15, 0.2) is 0 Å². The molecular formula is C25H21ClN2O2. The molecule has 0 aliphatic carbocycles. The van der Waals surface area contributed by atoms with Crippen molar-refractivity contribution in [3.8, 4) is 0 Å². The van der Waals surface area contributed by atoms with Crippen LogP contribution in [0.15, 0.2) is 72.4 Å². The summed E-state index contributed by atoms with van der Waals surface area (Å²) in [6, 6.07) is 20.3. The van der Waals surface area contributed by atoms with E-state index in [4.69, 9.17) is 11.6 Å². The Morgan fingerprint density at radius 1 is 0.800 bits per heavy atom. The van der Waals surface area contributed by atoms with Crippen molar-refractivity contribution in [1.82, 2.24) is 0 Å². The molecule has 0 radical (unpaired) electrons. The number of carbonyl (C=O) groups excluding carboxylic acids is 2. The first-order valence-electron chi connectivity index (χ1n) is 9.65. The summed E-state index contributed by atoms with van der Waals surface area (Å²) in [5.41, 5.74) is 5.65. The summed E-state index contributed by atoms with van der Waals surface area (Å²) in [5, 5.41) is 3.52. The van der Waals surface area contributed by atoms with Crippen LogP contribution in [0.1, 0.15) is 22.3 Å². The smallest absolute Gasteiger partial charge is 0.282 e. The number of aryl methyl sites for hydroxylation is 3. The van der Waals surface area contributed by atoms with Crippen LogP contribution in [0.4, 0.5) is 11.4 Å². The highest BCUT2D eigenvalue weighted by atomic mass is 35.5. The number of hydrogen-bond acceptors (Lipinski definition) is 3. The van der Waals surface area contributed by atoms with Gasteiger partial charge in [0.1, 0.15) is 5.70 Å². The quantitative estimate of drug-likeness (QED) is 0.558. The number of nitrogens with one attached hydrogen (secondary N) is 1. The Balaban J connectivity index is 1.86. The molecule has 0 aromatic heterocycles. The SMILES string of the molecule is Cc1ccc(NC2=C(c3ccc(C)c(C)c3)C(=O)N(c3ccccc3Cl)C2=O)cc1. The number of nitrogens with zero attached hydrogens (tertiary/aromatic N) is 1. The topological polar surface area (TPSA) is 49.4 Å². The molecule has 4 nitrogen and oxygen atoms in total. The fourth-order valence-electron chi connectivity index (χ4n) is 3.44. The largest absolute Gasteiger partial charge is 0.350 e. The lowest BCUT2D eigenvalue weighted by Crippen LogP contribution is -2.32. The van der Waals surface area contributed by atoms with Crippen LogP contribution in [-0.4, -0.2) is 11.8 Å². The number of amides is 2. The van der Waals surface area contributed by atoms with Gasteiger partial charge in [-0.2, -0.15) is 0 Å². The van der Waals surface area contributed by atoms with Crippen LogP contribution in [0.25, 0.3) is 5.57 Å². The lowest BCUT2D eigenvalue weighted by Gasteiger charge is -2.16. The van der Waals surface area contributed by atoms with E-state index >= 15 is 0 Å². The Bertz CT molecular complexity index is 1200. The minimum Gasteiger partial charge on any atom is -0.350 e. The van der Waals surface area contributed by atoms with Crippen molar-refractivity contribution in [2.45, 2.75) is 20.8 Å². The molecule has 0 saturated heterocycles. The maximum atomic E-state index is 13.5. The standard InChI is InChI=1S/C25H21ClN2O2/c1-15-8-12-19(13-9-15)27-23-22(18-11-10-16(2)17(3)14-18)24(29)28(25(23)30)21-7-5-4-6-20(21)26/h4-14,27H,1-3H3. The summed E-state index contributed by atoms with van der Waals surface area (Å²) in [7, 11) is 0. The Labute approximate surface area is 180 Å². The van der Waals surface area contributed by atoms with Crippen LogP contribution in [0.2, 0.25) is 5.02 Å². The number of para-hydroxylation sites is 1. The number of anilines is 2. The average molecular weight is 417 g/mol. The van der Waals surface area contributed by atoms with Crippen molar-refractivity contribution in [2.75, 3.05) is 10.2 Å². The number of hydrogen-bond donors (Lipinski definition) is 1. The molecule has 3 aromatic carbocycles. The second-order valence-corrected chi connectivity index (χ2v) is 7.84. The van der Waals surface area contributed by atoms with E-state index in [1.165, 1.54) is 0 Å². The van der Waals surface area contributed by atoms with Gasteiger partial charge in [-0.25, -0.2) is 4.90 Å². The number of halogens is 1. The second-order valence-electron chi connectivity index (χ2n) is 7.44. The molecule has 0 unspecified atom stereocenters. The van der Waals surface area contributed by atoms with Crippen molar-refractivity contribution >= 4 is 40.4 Å². The van der Waals surface area contributed by atoms with E-state index in [2.05, 4.69) is 5.32 Å². The molecule has 1 N–H and O–H groups in total. The first kappa shape index (κ1) is 19.9. The molecule has 1 aliphatic rings. The summed E-state index contributed by atoms with van der Waals surface area (Å²) < 4.78 is 0. The number of carbonyl (C=O) groups is 2. The third-order valence-corrected chi connectivity index (χ3v) is 5.61. The summed E-state index contributed by atoms with van der Waals surface area (Å²) in [5.74, 6) is -0.826. The van der Waals surface area contributed by atoms with Gasteiger partial charge in [0, 0.05) is 5.69 Å². The first-order valence-corrected chi connectivity index (χ1v) is 10.0. The lowest BCUT2D eigenvalue weighted by atomic mass is 9.99. The second kappa shape index (κ2) is 7.81. The molecule has 30 heavy (non-hydrogen) atoms. The molecule has 0 saturated carbocycles. The number of benzene rings is 3. The summed E-state index contributed by atoms with van der Waals surface area (Å²) in [6.07, 6.45) is 0. The van der Waals surface area contributed by atoms with Gasteiger partial charge in [-0.3, -0.25) is 9.59 Å². The van der Waals surface area contributed by atoms with Crippen LogP contribution in [0.5, 0.6) is 0 Å². The van der Waals surface area contributed by atoms with Gasteiger partial charge in [0.2, 0.25) is 0 Å². The molecular weight excluding hydrogens is 396 g/mol. The molecule has 2 amide bonds. The van der Waals surface area contributed by atoms with Crippen LogP contribution in [-0.2, 0) is 9.59 Å². The first-order chi connectivity index (χ1) is 14.4. The molecule has 3 aromatic rings. The fraction of sp³-hybridized carbons (Fsp3) is 0.120. The minimum absolute atomic E-state index is 0.243. The summed E-state index contributed by atoms with van der Waals surface area (Å²) in [4.78, 5) is 28.0. The maximum Gasteiger partial charge on any atom is 0.282 e. The third kappa shape index (κ3) is 3.51. The Hall–Kier alpha value is -3.37. The predicted molar refractivity (Wildman–Crippen MR) is 122 cm³/mol. The van der Waals surface area contributed by atoms with Gasteiger partial charge in [-0.15, -0.1) is 0 Å². The Kier molecular flexibility index (Phi) is 5.18. The van der Waals surface area contributed by atoms with Crippen molar-refractivity contribution in [2.24, 2.45) is 0 Å². The van der Waals surface area contributed by atoms with E-state index < -0.39 is 11.8 Å². The van der Waals surface area contributed by atoms with Crippen molar-refractivity contribution < 1.29 is 9.59 Å². The van der Waals surface area contributed by atoms with E-state index in [-0.39, 0.29) is 5.70 Å². The minimum atomic E-state index is -0.429. The molecule has 4 rings (SSSR count). The fourth-order valence-corrected chi connectivity index (χ4v) is 3.66. The van der Waals surface area contributed by atoms with Gasteiger partial charge in [-0.05, 0) is 61.7 Å². The van der Waals surface area contributed by atoms with Crippen molar-refractivity contribution in [3.63, 3.8) is 0 Å². The zero-order valence-electron chi connectivity index (χ0n) is 17.0. The van der Waals surface area contributed by atoms with Crippen LogP contribution >= 0.6 is 11.6 Å². The number of rotatable bonds is 4. The summed E-state index contributed by atoms with van der Waals surface area (Å²) >= 11 is 6.31.